The predicted molar refractivity (Wildman–Crippen MR) is 89.6 cm³/mol. The summed E-state index contributed by atoms with van der Waals surface area (Å²) in [4.78, 5) is 17.6. The van der Waals surface area contributed by atoms with Crippen LogP contribution in [0.5, 0.6) is 0 Å². The third-order valence-electron chi connectivity index (χ3n) is 2.77. The maximum atomic E-state index is 12.3. The lowest BCUT2D eigenvalue weighted by Gasteiger charge is -2.09. The van der Waals surface area contributed by atoms with E-state index in [-0.39, 0.29) is 11.6 Å². The van der Waals surface area contributed by atoms with Gasteiger partial charge in [-0.05, 0) is 49.6 Å². The molecule has 2 N–H and O–H groups in total. The van der Waals surface area contributed by atoms with Gasteiger partial charge in [-0.15, -0.1) is 11.8 Å². The molecule has 0 saturated heterocycles. The molecule has 1 aromatic heterocycles. The largest absolute Gasteiger partial charge is 0.370 e. The van der Waals surface area contributed by atoms with Crippen molar-refractivity contribution in [3.8, 4) is 0 Å². The Labute approximate surface area is 133 Å². The van der Waals surface area contributed by atoms with Crippen LogP contribution < -0.4 is 10.6 Å². The highest BCUT2D eigenvalue weighted by Crippen LogP contribution is 2.20. The number of carbonyl (C=O) groups is 1. The van der Waals surface area contributed by atoms with E-state index in [2.05, 4.69) is 15.6 Å². The van der Waals surface area contributed by atoms with E-state index < -0.39 is 0 Å². The number of anilines is 2. The van der Waals surface area contributed by atoms with E-state index >= 15 is 0 Å². The van der Waals surface area contributed by atoms with Crippen molar-refractivity contribution in [1.29, 1.82) is 0 Å². The molecule has 21 heavy (non-hydrogen) atoms. The number of pyridine rings is 1. The lowest BCUT2D eigenvalue weighted by molar-refractivity contribution is 0.102. The van der Waals surface area contributed by atoms with Crippen LogP contribution in [0.15, 0.2) is 41.3 Å². The smallest absolute Gasteiger partial charge is 0.275 e. The van der Waals surface area contributed by atoms with Crippen LogP contribution in [-0.2, 0) is 0 Å². The molecular weight excluding hydrogens is 306 g/mol. The fourth-order valence-electron chi connectivity index (χ4n) is 1.75. The number of benzene rings is 1. The summed E-state index contributed by atoms with van der Waals surface area (Å²) in [7, 11) is 0. The summed E-state index contributed by atoms with van der Waals surface area (Å²) in [6.07, 6.45) is 2.00. The third-order valence-corrected chi connectivity index (χ3v) is 3.82. The Morgan fingerprint density at radius 2 is 1.95 bits per heavy atom. The highest BCUT2D eigenvalue weighted by atomic mass is 35.5. The Kier molecular flexibility index (Phi) is 5.47. The molecular formula is C15H16ClN3OS. The zero-order chi connectivity index (χ0) is 15.2. The maximum Gasteiger partial charge on any atom is 0.275 e. The van der Waals surface area contributed by atoms with E-state index in [0.717, 1.165) is 11.4 Å². The van der Waals surface area contributed by atoms with Crippen molar-refractivity contribution >= 4 is 40.8 Å². The minimum absolute atomic E-state index is 0.212. The van der Waals surface area contributed by atoms with Crippen LogP contribution in [0.4, 0.5) is 11.5 Å². The van der Waals surface area contributed by atoms with Gasteiger partial charge in [0.1, 0.15) is 11.5 Å². The van der Waals surface area contributed by atoms with Gasteiger partial charge in [-0.3, -0.25) is 4.79 Å². The number of amides is 1. The number of nitrogens with one attached hydrogen (secondary N) is 2. The second-order valence-corrected chi connectivity index (χ2v) is 5.53. The SMILES string of the molecule is CCNc1ccc(Cl)c(C(=O)Nc2ccc(SC)cc2)n1. The van der Waals surface area contributed by atoms with Gasteiger partial charge in [0.15, 0.2) is 0 Å². The lowest BCUT2D eigenvalue weighted by atomic mass is 10.3. The minimum Gasteiger partial charge on any atom is -0.370 e. The van der Waals surface area contributed by atoms with E-state index in [1.165, 1.54) is 0 Å². The first-order chi connectivity index (χ1) is 10.1. The summed E-state index contributed by atoms with van der Waals surface area (Å²) in [5, 5.41) is 6.18. The molecule has 0 radical (unpaired) electrons. The predicted octanol–water partition coefficient (Wildman–Crippen LogP) is 4.14. The zero-order valence-electron chi connectivity index (χ0n) is 11.8. The molecule has 0 unspecified atom stereocenters. The number of aromatic nitrogens is 1. The molecule has 1 aromatic carbocycles. The molecule has 0 spiro atoms. The molecule has 0 bridgehead atoms. The summed E-state index contributed by atoms with van der Waals surface area (Å²) >= 11 is 7.70. The molecule has 0 aliphatic carbocycles. The number of nitrogens with zero attached hydrogens (tertiary/aromatic N) is 1. The number of rotatable bonds is 5. The van der Waals surface area contributed by atoms with Crippen LogP contribution in [0.1, 0.15) is 17.4 Å². The van der Waals surface area contributed by atoms with Crippen molar-refractivity contribution in [2.45, 2.75) is 11.8 Å². The summed E-state index contributed by atoms with van der Waals surface area (Å²) in [5.74, 6) is 0.307. The molecule has 0 atom stereocenters. The minimum atomic E-state index is -0.323. The third kappa shape index (κ3) is 4.12. The van der Waals surface area contributed by atoms with Gasteiger partial charge in [-0.2, -0.15) is 0 Å². The molecule has 4 nitrogen and oxygen atoms in total. The highest BCUT2D eigenvalue weighted by molar-refractivity contribution is 7.98. The Morgan fingerprint density at radius 1 is 1.24 bits per heavy atom. The van der Waals surface area contributed by atoms with E-state index in [1.807, 2.05) is 37.4 Å². The van der Waals surface area contributed by atoms with Gasteiger partial charge in [-0.25, -0.2) is 4.98 Å². The average Bonchev–Trinajstić information content (AvgIpc) is 2.50. The maximum absolute atomic E-state index is 12.3. The second kappa shape index (κ2) is 7.33. The van der Waals surface area contributed by atoms with Gasteiger partial charge in [-0.1, -0.05) is 11.6 Å². The average molecular weight is 322 g/mol. The molecule has 2 rings (SSSR count). The van der Waals surface area contributed by atoms with Crippen LogP contribution in [0.3, 0.4) is 0 Å². The number of thioether (sulfide) groups is 1. The zero-order valence-corrected chi connectivity index (χ0v) is 13.4. The van der Waals surface area contributed by atoms with Gasteiger partial charge in [0.2, 0.25) is 0 Å². The number of hydrogen-bond acceptors (Lipinski definition) is 4. The van der Waals surface area contributed by atoms with Crippen LogP contribution >= 0.6 is 23.4 Å². The Hall–Kier alpha value is -1.72. The molecule has 0 aliphatic heterocycles. The van der Waals surface area contributed by atoms with E-state index in [1.54, 1.807) is 23.9 Å². The van der Waals surface area contributed by atoms with E-state index in [9.17, 15) is 4.79 Å². The standard InChI is InChI=1S/C15H16ClN3OS/c1-3-17-13-9-8-12(16)14(19-13)15(20)18-10-4-6-11(21-2)7-5-10/h4-9H,3H2,1-2H3,(H,17,19)(H,18,20). The topological polar surface area (TPSA) is 54.0 Å². The Morgan fingerprint density at radius 3 is 2.57 bits per heavy atom. The highest BCUT2D eigenvalue weighted by Gasteiger charge is 2.13. The normalized spacial score (nSPS) is 10.2. The monoisotopic (exact) mass is 321 g/mol. The van der Waals surface area contributed by atoms with E-state index in [0.29, 0.717) is 16.5 Å². The van der Waals surface area contributed by atoms with Crippen LogP contribution in [0.2, 0.25) is 5.02 Å². The van der Waals surface area contributed by atoms with E-state index in [4.69, 9.17) is 11.6 Å². The van der Waals surface area contributed by atoms with Crippen molar-refractivity contribution in [3.63, 3.8) is 0 Å². The summed E-state index contributed by atoms with van der Waals surface area (Å²) < 4.78 is 0. The van der Waals surface area contributed by atoms with Gasteiger partial charge in [0.05, 0.1) is 5.02 Å². The molecule has 1 amide bonds. The van der Waals surface area contributed by atoms with Crippen molar-refractivity contribution in [2.75, 3.05) is 23.4 Å². The molecule has 1 heterocycles. The lowest BCUT2D eigenvalue weighted by Crippen LogP contribution is -2.15. The fraction of sp³-hybridized carbons (Fsp3) is 0.200. The van der Waals surface area contributed by atoms with Crippen LogP contribution in [-0.4, -0.2) is 23.7 Å². The van der Waals surface area contributed by atoms with Crippen molar-refractivity contribution in [2.24, 2.45) is 0 Å². The first-order valence-electron chi connectivity index (χ1n) is 6.50. The summed E-state index contributed by atoms with van der Waals surface area (Å²) in [6, 6.07) is 11.0. The molecule has 6 heteroatoms. The quantitative estimate of drug-likeness (QED) is 0.813. The number of hydrogen-bond donors (Lipinski definition) is 2. The first-order valence-corrected chi connectivity index (χ1v) is 8.10. The van der Waals surface area contributed by atoms with Gasteiger partial charge in [0.25, 0.3) is 5.91 Å². The second-order valence-electron chi connectivity index (χ2n) is 4.24. The van der Waals surface area contributed by atoms with Crippen LogP contribution in [0, 0.1) is 0 Å². The van der Waals surface area contributed by atoms with Gasteiger partial charge in [0, 0.05) is 17.1 Å². The van der Waals surface area contributed by atoms with Crippen LogP contribution in [0.25, 0.3) is 0 Å². The molecule has 0 saturated carbocycles. The Balaban J connectivity index is 2.17. The number of carbonyl (C=O) groups excluding carboxylic acids is 1. The molecule has 0 fully saturated rings. The molecule has 2 aromatic rings. The molecule has 0 aliphatic rings. The summed E-state index contributed by atoms with van der Waals surface area (Å²) in [6.45, 7) is 2.69. The van der Waals surface area contributed by atoms with Gasteiger partial charge < -0.3 is 10.6 Å². The first kappa shape index (κ1) is 15.7. The Bertz CT molecular complexity index is 631. The fourth-order valence-corrected chi connectivity index (χ4v) is 2.34. The molecule has 110 valence electrons. The van der Waals surface area contributed by atoms with Gasteiger partial charge >= 0.3 is 0 Å². The summed E-state index contributed by atoms with van der Waals surface area (Å²) in [5.41, 5.74) is 0.925. The van der Waals surface area contributed by atoms with Crippen molar-refractivity contribution < 1.29 is 4.79 Å². The number of halogens is 1. The van der Waals surface area contributed by atoms with Crippen molar-refractivity contribution in [3.05, 3.63) is 47.1 Å². The van der Waals surface area contributed by atoms with Crippen molar-refractivity contribution in [1.82, 2.24) is 4.98 Å².